The van der Waals surface area contributed by atoms with Crippen molar-refractivity contribution in [2.45, 2.75) is 19.8 Å². The second kappa shape index (κ2) is 2.22. The first kappa shape index (κ1) is 6.34. The predicted octanol–water partition coefficient (Wildman–Crippen LogP) is 2.84. The van der Waals surface area contributed by atoms with Gasteiger partial charge in [0.2, 0.25) is 0 Å². The fourth-order valence-electron chi connectivity index (χ4n) is 1.01. The SMILES string of the molecule is C=C1C=C(CCC)C1=C. The average molecular weight is 120 g/mol. The molecule has 0 atom stereocenters. The summed E-state index contributed by atoms with van der Waals surface area (Å²) in [4.78, 5) is 0. The Labute approximate surface area is 56.6 Å². The van der Waals surface area contributed by atoms with Gasteiger partial charge in [-0.25, -0.2) is 0 Å². The van der Waals surface area contributed by atoms with Gasteiger partial charge >= 0.3 is 0 Å². The molecule has 0 saturated heterocycles. The lowest BCUT2D eigenvalue weighted by atomic mass is 9.86. The van der Waals surface area contributed by atoms with Crippen molar-refractivity contribution in [2.24, 2.45) is 0 Å². The van der Waals surface area contributed by atoms with Crippen LogP contribution in [0.2, 0.25) is 0 Å². The minimum Gasteiger partial charge on any atom is -0.0912 e. The van der Waals surface area contributed by atoms with Crippen molar-refractivity contribution in [3.63, 3.8) is 0 Å². The second-order valence-electron chi connectivity index (χ2n) is 2.42. The van der Waals surface area contributed by atoms with E-state index in [4.69, 9.17) is 0 Å². The molecule has 48 valence electrons. The molecule has 0 N–H and O–H groups in total. The summed E-state index contributed by atoms with van der Waals surface area (Å²) < 4.78 is 0. The Morgan fingerprint density at radius 2 is 2.11 bits per heavy atom. The average Bonchev–Trinajstić information content (AvgIpc) is 1.88. The van der Waals surface area contributed by atoms with E-state index >= 15 is 0 Å². The first-order chi connectivity index (χ1) is 4.25. The van der Waals surface area contributed by atoms with Gasteiger partial charge in [-0.15, -0.1) is 0 Å². The maximum absolute atomic E-state index is 3.87. The maximum Gasteiger partial charge on any atom is -0.0230 e. The summed E-state index contributed by atoms with van der Waals surface area (Å²) in [5.41, 5.74) is 3.66. The van der Waals surface area contributed by atoms with Gasteiger partial charge in [0.25, 0.3) is 0 Å². The van der Waals surface area contributed by atoms with Crippen molar-refractivity contribution in [2.75, 3.05) is 0 Å². The van der Waals surface area contributed by atoms with Crippen LogP contribution in [0.5, 0.6) is 0 Å². The summed E-state index contributed by atoms with van der Waals surface area (Å²) in [5, 5.41) is 0. The van der Waals surface area contributed by atoms with Gasteiger partial charge in [0.1, 0.15) is 0 Å². The fraction of sp³-hybridized carbons (Fsp3) is 0.333. The lowest BCUT2D eigenvalue weighted by Crippen LogP contribution is -2.00. The molecule has 0 amide bonds. The summed E-state index contributed by atoms with van der Waals surface area (Å²) in [6, 6.07) is 0. The van der Waals surface area contributed by atoms with Crippen LogP contribution in [0, 0.1) is 0 Å². The molecule has 1 aliphatic rings. The molecular formula is C9H12. The van der Waals surface area contributed by atoms with E-state index in [-0.39, 0.29) is 0 Å². The molecule has 0 radical (unpaired) electrons. The highest BCUT2D eigenvalue weighted by Gasteiger charge is 2.12. The number of hydrogen-bond donors (Lipinski definition) is 0. The lowest BCUT2D eigenvalue weighted by molar-refractivity contribution is 0.901. The third-order valence-electron chi connectivity index (χ3n) is 1.64. The van der Waals surface area contributed by atoms with Crippen molar-refractivity contribution in [3.05, 3.63) is 36.0 Å². The Balaban J connectivity index is 2.57. The van der Waals surface area contributed by atoms with Gasteiger partial charge in [-0.05, 0) is 23.1 Å². The van der Waals surface area contributed by atoms with Gasteiger partial charge in [-0.1, -0.05) is 32.6 Å². The molecule has 9 heavy (non-hydrogen) atoms. The van der Waals surface area contributed by atoms with E-state index in [1.807, 2.05) is 0 Å². The maximum atomic E-state index is 3.87. The molecule has 0 spiro atoms. The molecular weight excluding hydrogens is 108 g/mol. The molecule has 0 unspecified atom stereocenters. The van der Waals surface area contributed by atoms with Crippen LogP contribution in [0.1, 0.15) is 19.8 Å². The highest BCUT2D eigenvalue weighted by molar-refractivity contribution is 5.60. The largest absolute Gasteiger partial charge is 0.0912 e. The summed E-state index contributed by atoms with van der Waals surface area (Å²) in [6.45, 7) is 9.85. The summed E-state index contributed by atoms with van der Waals surface area (Å²) >= 11 is 0. The van der Waals surface area contributed by atoms with Crippen molar-refractivity contribution in [3.8, 4) is 0 Å². The minimum absolute atomic E-state index is 1.11. The van der Waals surface area contributed by atoms with Gasteiger partial charge in [0, 0.05) is 0 Å². The molecule has 0 bridgehead atoms. The Bertz CT molecular complexity index is 182. The second-order valence-corrected chi connectivity index (χ2v) is 2.42. The zero-order chi connectivity index (χ0) is 6.85. The van der Waals surface area contributed by atoms with Crippen molar-refractivity contribution in [1.29, 1.82) is 0 Å². The molecule has 0 aromatic heterocycles. The molecule has 0 aromatic carbocycles. The quantitative estimate of drug-likeness (QED) is 0.525. The molecule has 1 rings (SSSR count). The lowest BCUT2D eigenvalue weighted by Gasteiger charge is -2.19. The number of hydrogen-bond acceptors (Lipinski definition) is 0. The molecule has 0 aromatic rings. The van der Waals surface area contributed by atoms with E-state index in [1.54, 1.807) is 0 Å². The van der Waals surface area contributed by atoms with Crippen molar-refractivity contribution in [1.82, 2.24) is 0 Å². The summed E-state index contributed by atoms with van der Waals surface area (Å²) in [6.07, 6.45) is 4.49. The van der Waals surface area contributed by atoms with Crippen LogP contribution in [0.15, 0.2) is 36.0 Å². The molecule has 1 aliphatic carbocycles. The van der Waals surface area contributed by atoms with Gasteiger partial charge in [-0.3, -0.25) is 0 Å². The van der Waals surface area contributed by atoms with Crippen LogP contribution >= 0.6 is 0 Å². The van der Waals surface area contributed by atoms with E-state index in [0.717, 1.165) is 17.6 Å². The first-order valence-corrected chi connectivity index (χ1v) is 3.35. The van der Waals surface area contributed by atoms with E-state index in [1.165, 1.54) is 12.0 Å². The van der Waals surface area contributed by atoms with Gasteiger partial charge in [0.05, 0.1) is 0 Å². The molecule has 0 aliphatic heterocycles. The van der Waals surface area contributed by atoms with Crippen molar-refractivity contribution >= 4 is 0 Å². The Kier molecular flexibility index (Phi) is 1.56. The van der Waals surface area contributed by atoms with E-state index in [9.17, 15) is 0 Å². The molecule has 0 fully saturated rings. The van der Waals surface area contributed by atoms with Crippen LogP contribution in [0.3, 0.4) is 0 Å². The smallest absolute Gasteiger partial charge is 0.0230 e. The van der Waals surface area contributed by atoms with Gasteiger partial charge in [-0.2, -0.15) is 0 Å². The van der Waals surface area contributed by atoms with Crippen LogP contribution in [-0.4, -0.2) is 0 Å². The molecule has 0 saturated carbocycles. The van der Waals surface area contributed by atoms with Crippen LogP contribution in [0.25, 0.3) is 0 Å². The van der Waals surface area contributed by atoms with Crippen LogP contribution in [0.4, 0.5) is 0 Å². The standard InChI is InChI=1S/C9H12/c1-4-5-9-6-7(2)8(9)3/h6H,2-5H2,1H3. The highest BCUT2D eigenvalue weighted by atomic mass is 14.2. The predicted molar refractivity (Wildman–Crippen MR) is 41.3 cm³/mol. The topological polar surface area (TPSA) is 0 Å². The Morgan fingerprint density at radius 1 is 1.44 bits per heavy atom. The Hall–Kier alpha value is -0.780. The third kappa shape index (κ3) is 0.973. The normalized spacial score (nSPS) is 17.2. The number of allylic oxidation sites excluding steroid dienone is 4. The third-order valence-corrected chi connectivity index (χ3v) is 1.64. The monoisotopic (exact) mass is 120 g/mol. The highest BCUT2D eigenvalue weighted by Crippen LogP contribution is 2.31. The van der Waals surface area contributed by atoms with E-state index < -0.39 is 0 Å². The van der Waals surface area contributed by atoms with E-state index in [0.29, 0.717) is 0 Å². The van der Waals surface area contributed by atoms with Crippen LogP contribution < -0.4 is 0 Å². The van der Waals surface area contributed by atoms with Crippen LogP contribution in [-0.2, 0) is 0 Å². The molecule has 0 nitrogen and oxygen atoms in total. The summed E-state index contributed by atoms with van der Waals surface area (Å²) in [7, 11) is 0. The first-order valence-electron chi connectivity index (χ1n) is 3.35. The van der Waals surface area contributed by atoms with Gasteiger partial charge in [0.15, 0.2) is 0 Å². The summed E-state index contributed by atoms with van der Waals surface area (Å²) in [5.74, 6) is 0. The Morgan fingerprint density at radius 3 is 2.44 bits per heavy atom. The number of rotatable bonds is 2. The van der Waals surface area contributed by atoms with Gasteiger partial charge < -0.3 is 0 Å². The van der Waals surface area contributed by atoms with E-state index in [2.05, 4.69) is 26.2 Å². The zero-order valence-electron chi connectivity index (χ0n) is 5.91. The zero-order valence-corrected chi connectivity index (χ0v) is 5.91. The fourth-order valence-corrected chi connectivity index (χ4v) is 1.01. The molecule has 0 heterocycles. The van der Waals surface area contributed by atoms with Crippen molar-refractivity contribution < 1.29 is 0 Å². The minimum atomic E-state index is 1.11. The molecule has 0 heteroatoms.